The number of amides is 1. The molecule has 0 aliphatic rings. The van der Waals surface area contributed by atoms with Crippen molar-refractivity contribution in [2.45, 2.75) is 27.4 Å². The first-order valence-corrected chi connectivity index (χ1v) is 9.06. The van der Waals surface area contributed by atoms with Crippen molar-refractivity contribution >= 4 is 17.8 Å². The minimum Gasteiger partial charge on any atom is -0.497 e. The van der Waals surface area contributed by atoms with Crippen molar-refractivity contribution in [1.29, 1.82) is 0 Å². The highest BCUT2D eigenvalue weighted by molar-refractivity contribution is 6.00. The number of oxime groups is 2. The molecule has 0 heterocycles. The molecule has 29 heavy (non-hydrogen) atoms. The van der Waals surface area contributed by atoms with E-state index < -0.39 is 0 Å². The molecule has 0 fully saturated rings. The van der Waals surface area contributed by atoms with Crippen molar-refractivity contribution in [3.05, 3.63) is 64.7 Å². The van der Waals surface area contributed by atoms with Crippen LogP contribution in [-0.2, 0) is 21.1 Å². The highest BCUT2D eigenvalue weighted by Crippen LogP contribution is 2.18. The van der Waals surface area contributed by atoms with Crippen molar-refractivity contribution in [3.8, 4) is 5.75 Å². The number of carbonyl (C=O) groups excluding carboxylic acids is 1. The van der Waals surface area contributed by atoms with Crippen LogP contribution in [0.3, 0.4) is 0 Å². The Hall–Kier alpha value is -3.35. The lowest BCUT2D eigenvalue weighted by Gasteiger charge is -2.11. The van der Waals surface area contributed by atoms with Gasteiger partial charge in [-0.25, -0.2) is 0 Å². The van der Waals surface area contributed by atoms with E-state index in [1.165, 1.54) is 7.11 Å². The summed E-state index contributed by atoms with van der Waals surface area (Å²) in [6.45, 7) is 6.22. The molecule has 0 aliphatic heterocycles. The van der Waals surface area contributed by atoms with Crippen LogP contribution in [-0.4, -0.2) is 39.1 Å². The molecule has 0 radical (unpaired) electrons. The molecule has 1 N–H and O–H groups in total. The number of carbonyl (C=O) groups is 1. The second kappa shape index (κ2) is 12.9. The maximum absolute atomic E-state index is 9.06. The van der Waals surface area contributed by atoms with Crippen LogP contribution in [0, 0.1) is 6.92 Å². The van der Waals surface area contributed by atoms with Gasteiger partial charge in [0, 0.05) is 23.7 Å². The van der Waals surface area contributed by atoms with E-state index in [9.17, 15) is 0 Å². The van der Waals surface area contributed by atoms with Gasteiger partial charge in [-0.3, -0.25) is 4.79 Å². The molecular weight excluding hydrogens is 370 g/mol. The first kappa shape index (κ1) is 23.7. The van der Waals surface area contributed by atoms with Gasteiger partial charge in [0.2, 0.25) is 6.41 Å². The molecule has 0 bridgehead atoms. The van der Waals surface area contributed by atoms with Crippen molar-refractivity contribution in [3.63, 3.8) is 0 Å². The van der Waals surface area contributed by atoms with Crippen LogP contribution in [0.2, 0.25) is 0 Å². The summed E-state index contributed by atoms with van der Waals surface area (Å²) in [5.74, 6) is 0.791. The summed E-state index contributed by atoms with van der Waals surface area (Å²) in [6.07, 6.45) is 0.625. The Bertz CT molecular complexity index is 848. The average Bonchev–Trinajstić information content (AvgIpc) is 2.75. The van der Waals surface area contributed by atoms with E-state index in [-0.39, 0.29) is 0 Å². The summed E-state index contributed by atoms with van der Waals surface area (Å²) in [6, 6.07) is 13.8. The third-order valence-corrected chi connectivity index (χ3v) is 4.04. The van der Waals surface area contributed by atoms with Crippen molar-refractivity contribution < 1.29 is 19.2 Å². The molecular formula is C22H29N3O4. The van der Waals surface area contributed by atoms with Gasteiger partial charge in [0.15, 0.2) is 0 Å². The van der Waals surface area contributed by atoms with Crippen LogP contribution in [0.4, 0.5) is 0 Å². The number of hydrogen-bond acceptors (Lipinski definition) is 6. The molecule has 0 atom stereocenters. The van der Waals surface area contributed by atoms with Gasteiger partial charge in [0.05, 0.1) is 18.5 Å². The normalized spacial score (nSPS) is 11.1. The SMILES string of the molecule is CNC=O.CO/N=C(/C)c1cccc(C)c1CO/N=C(\C)c1cccc(OC)c1. The summed E-state index contributed by atoms with van der Waals surface area (Å²) in [5, 5.41) is 10.5. The van der Waals surface area contributed by atoms with Gasteiger partial charge in [0.1, 0.15) is 19.5 Å². The Labute approximate surface area is 172 Å². The maximum atomic E-state index is 9.06. The van der Waals surface area contributed by atoms with E-state index >= 15 is 0 Å². The fourth-order valence-corrected chi connectivity index (χ4v) is 2.51. The lowest BCUT2D eigenvalue weighted by atomic mass is 10.00. The van der Waals surface area contributed by atoms with Gasteiger partial charge in [-0.2, -0.15) is 0 Å². The second-order valence-corrected chi connectivity index (χ2v) is 6.05. The van der Waals surface area contributed by atoms with Crippen molar-refractivity contribution in [2.24, 2.45) is 10.3 Å². The van der Waals surface area contributed by atoms with Crippen LogP contribution in [0.25, 0.3) is 0 Å². The first-order chi connectivity index (χ1) is 14.0. The first-order valence-electron chi connectivity index (χ1n) is 9.06. The zero-order valence-electron chi connectivity index (χ0n) is 17.9. The standard InChI is InChI=1S/C20H24N2O3.C2H5NO/c1-14-8-6-11-19(16(3)21-24-5)20(14)13-25-22-15(2)17-9-7-10-18(12-17)23-4;1-3-2-4/h6-12H,13H2,1-5H3;2H,1H3,(H,3,4)/b21-16-,22-15+;. The molecule has 0 spiro atoms. The van der Waals surface area contributed by atoms with E-state index in [2.05, 4.69) is 15.6 Å². The predicted octanol–water partition coefficient (Wildman–Crippen LogP) is 3.68. The van der Waals surface area contributed by atoms with E-state index in [4.69, 9.17) is 19.2 Å². The topological polar surface area (TPSA) is 81.5 Å². The number of nitrogens with one attached hydrogen (secondary N) is 1. The Morgan fingerprint density at radius 2 is 1.76 bits per heavy atom. The summed E-state index contributed by atoms with van der Waals surface area (Å²) in [7, 11) is 4.75. The number of benzene rings is 2. The quantitative estimate of drug-likeness (QED) is 0.417. The molecule has 2 aromatic carbocycles. The minimum atomic E-state index is 0.361. The van der Waals surface area contributed by atoms with E-state index in [0.717, 1.165) is 39.4 Å². The van der Waals surface area contributed by atoms with Crippen LogP contribution < -0.4 is 10.1 Å². The highest BCUT2D eigenvalue weighted by atomic mass is 16.6. The van der Waals surface area contributed by atoms with E-state index in [1.54, 1.807) is 14.2 Å². The molecule has 0 aliphatic carbocycles. The number of ether oxygens (including phenoxy) is 1. The van der Waals surface area contributed by atoms with Crippen molar-refractivity contribution in [1.82, 2.24) is 5.32 Å². The van der Waals surface area contributed by atoms with E-state index in [0.29, 0.717) is 13.0 Å². The molecule has 7 nitrogen and oxygen atoms in total. The van der Waals surface area contributed by atoms with Crippen LogP contribution >= 0.6 is 0 Å². The lowest BCUT2D eigenvalue weighted by Crippen LogP contribution is -2.05. The molecule has 156 valence electrons. The highest BCUT2D eigenvalue weighted by Gasteiger charge is 2.10. The summed E-state index contributed by atoms with van der Waals surface area (Å²) < 4.78 is 5.24. The van der Waals surface area contributed by atoms with Crippen LogP contribution in [0.1, 0.15) is 36.1 Å². The molecule has 0 aromatic heterocycles. The van der Waals surface area contributed by atoms with Crippen LogP contribution in [0.5, 0.6) is 5.75 Å². The van der Waals surface area contributed by atoms with Gasteiger partial charge in [0.25, 0.3) is 0 Å². The Balaban J connectivity index is 0.000000960. The summed E-state index contributed by atoms with van der Waals surface area (Å²) in [4.78, 5) is 19.6. The van der Waals surface area contributed by atoms with Gasteiger partial charge in [-0.05, 0) is 38.5 Å². The molecule has 0 saturated carbocycles. The smallest absolute Gasteiger partial charge is 0.206 e. The Morgan fingerprint density at radius 1 is 1.07 bits per heavy atom. The number of hydrogen-bond donors (Lipinski definition) is 1. The summed E-state index contributed by atoms with van der Waals surface area (Å²) >= 11 is 0. The molecule has 0 saturated heterocycles. The maximum Gasteiger partial charge on any atom is 0.206 e. The Morgan fingerprint density at radius 3 is 2.38 bits per heavy atom. The number of rotatable bonds is 8. The monoisotopic (exact) mass is 399 g/mol. The average molecular weight is 399 g/mol. The largest absolute Gasteiger partial charge is 0.497 e. The predicted molar refractivity (Wildman–Crippen MR) is 116 cm³/mol. The number of methoxy groups -OCH3 is 1. The zero-order valence-corrected chi connectivity index (χ0v) is 17.9. The van der Waals surface area contributed by atoms with Gasteiger partial charge in [-0.1, -0.05) is 40.6 Å². The van der Waals surface area contributed by atoms with Crippen molar-refractivity contribution in [2.75, 3.05) is 21.3 Å². The van der Waals surface area contributed by atoms with Gasteiger partial charge < -0.3 is 19.7 Å². The lowest BCUT2D eigenvalue weighted by molar-refractivity contribution is -0.109. The molecule has 2 rings (SSSR count). The second-order valence-electron chi connectivity index (χ2n) is 6.05. The van der Waals surface area contributed by atoms with Gasteiger partial charge >= 0.3 is 0 Å². The van der Waals surface area contributed by atoms with Crippen LogP contribution in [0.15, 0.2) is 52.8 Å². The molecule has 0 unspecified atom stereocenters. The van der Waals surface area contributed by atoms with E-state index in [1.807, 2.05) is 63.2 Å². The fraction of sp³-hybridized carbons (Fsp3) is 0.318. The van der Waals surface area contributed by atoms with Gasteiger partial charge in [-0.15, -0.1) is 0 Å². The zero-order chi connectivity index (χ0) is 21.6. The minimum absolute atomic E-state index is 0.361. The Kier molecular flexibility index (Phi) is 10.6. The molecule has 2 aromatic rings. The number of aryl methyl sites for hydroxylation is 1. The molecule has 1 amide bonds. The fourth-order valence-electron chi connectivity index (χ4n) is 2.51. The summed E-state index contributed by atoms with van der Waals surface area (Å²) in [5.41, 5.74) is 5.72. The third-order valence-electron chi connectivity index (χ3n) is 4.04. The third kappa shape index (κ3) is 7.65. The molecule has 7 heteroatoms. The number of nitrogens with zero attached hydrogens (tertiary/aromatic N) is 2.